The maximum atomic E-state index is 12.7. The van der Waals surface area contributed by atoms with Gasteiger partial charge in [-0.05, 0) is 70.6 Å². The third kappa shape index (κ3) is 51.1. The quantitative estimate of drug-likeness (QED) is 0.0262. The molecule has 0 heterocycles. The summed E-state index contributed by atoms with van der Waals surface area (Å²) < 4.78 is 16.6. The maximum absolute atomic E-state index is 12.7. The molecule has 0 fully saturated rings. The van der Waals surface area contributed by atoms with E-state index in [0.717, 1.165) is 70.6 Å². The van der Waals surface area contributed by atoms with Crippen molar-refractivity contribution in [3.8, 4) is 0 Å². The van der Waals surface area contributed by atoms with Gasteiger partial charge in [-0.2, -0.15) is 0 Å². The van der Waals surface area contributed by atoms with Crippen LogP contribution in [0.5, 0.6) is 0 Å². The summed E-state index contributed by atoms with van der Waals surface area (Å²) in [5.41, 5.74) is 0. The monoisotopic (exact) mass is 915 g/mol. The third-order valence-corrected chi connectivity index (χ3v) is 11.1. The van der Waals surface area contributed by atoms with Crippen molar-refractivity contribution in [1.29, 1.82) is 0 Å². The van der Waals surface area contributed by atoms with Gasteiger partial charge in [0.2, 0.25) is 0 Å². The van der Waals surface area contributed by atoms with Crippen LogP contribution in [0.4, 0.5) is 0 Å². The number of carbonyl (C=O) groups is 3. The van der Waals surface area contributed by atoms with E-state index in [1.165, 1.54) is 109 Å². The average Bonchev–Trinajstić information content (AvgIpc) is 3.31. The lowest BCUT2D eigenvalue weighted by Crippen LogP contribution is -2.30. The van der Waals surface area contributed by atoms with Crippen molar-refractivity contribution in [3.05, 3.63) is 109 Å². The standard InChI is InChI=1S/C60H98O6/c1-4-7-10-13-16-19-22-25-27-28-29-30-31-33-35-38-41-44-47-50-53-59(62)65-56-57(55-64-58(61)52-49-46-43-40-37-34-24-21-18-15-12-9-6-3)66-60(63)54-51-48-45-42-39-36-32-26-23-20-17-14-11-8-5-2/h8-9,11-12,17-18,20-21,26,32,34,37,39,42-43,46,48,51,57H,4-7,10,13-16,19,22-25,27-31,33,35-36,38,40-41,44-45,47,49-50,52-56H2,1-3H3/b11-8-,12-9-,20-17-,21-18-,32-26-,37-34-,42-39-,46-43-,51-48-. The molecule has 1 atom stereocenters. The Balaban J connectivity index is 4.50. The summed E-state index contributed by atoms with van der Waals surface area (Å²) in [7, 11) is 0. The molecular formula is C60H98O6. The fraction of sp³-hybridized carbons (Fsp3) is 0.650. The summed E-state index contributed by atoms with van der Waals surface area (Å²) in [6.07, 6.45) is 72.7. The minimum Gasteiger partial charge on any atom is -0.462 e. The highest BCUT2D eigenvalue weighted by atomic mass is 16.6. The molecule has 0 aromatic heterocycles. The van der Waals surface area contributed by atoms with Crippen molar-refractivity contribution < 1.29 is 28.6 Å². The first kappa shape index (κ1) is 62.1. The molecule has 0 aromatic carbocycles. The van der Waals surface area contributed by atoms with Crippen molar-refractivity contribution in [2.75, 3.05) is 13.2 Å². The summed E-state index contributed by atoms with van der Waals surface area (Å²) in [5, 5.41) is 0. The second kappa shape index (κ2) is 53.7. The zero-order valence-corrected chi connectivity index (χ0v) is 42.7. The normalized spacial score (nSPS) is 13.0. The number of ether oxygens (including phenoxy) is 3. The van der Waals surface area contributed by atoms with Crippen LogP contribution in [-0.2, 0) is 28.6 Å². The molecule has 0 N–H and O–H groups in total. The molecule has 0 aliphatic heterocycles. The Morgan fingerprint density at radius 2 is 0.636 bits per heavy atom. The zero-order valence-electron chi connectivity index (χ0n) is 42.7. The van der Waals surface area contributed by atoms with Crippen LogP contribution in [-0.4, -0.2) is 37.2 Å². The van der Waals surface area contributed by atoms with Crippen molar-refractivity contribution in [1.82, 2.24) is 0 Å². The molecule has 6 nitrogen and oxygen atoms in total. The van der Waals surface area contributed by atoms with Crippen LogP contribution < -0.4 is 0 Å². The molecule has 0 spiro atoms. The van der Waals surface area contributed by atoms with Gasteiger partial charge in [-0.1, -0.05) is 252 Å². The lowest BCUT2D eigenvalue weighted by atomic mass is 10.0. The molecule has 66 heavy (non-hydrogen) atoms. The van der Waals surface area contributed by atoms with E-state index in [2.05, 4.69) is 106 Å². The van der Waals surface area contributed by atoms with Gasteiger partial charge < -0.3 is 14.2 Å². The molecule has 6 heteroatoms. The van der Waals surface area contributed by atoms with E-state index in [1.54, 1.807) is 6.08 Å². The van der Waals surface area contributed by atoms with Crippen LogP contribution in [0, 0.1) is 0 Å². The number of carbonyl (C=O) groups excluding carboxylic acids is 3. The summed E-state index contributed by atoms with van der Waals surface area (Å²) in [6.45, 7) is 6.26. The minimum atomic E-state index is -0.861. The number of hydrogen-bond acceptors (Lipinski definition) is 6. The summed E-state index contributed by atoms with van der Waals surface area (Å²) in [6, 6.07) is 0. The first-order chi connectivity index (χ1) is 32.5. The Morgan fingerprint density at radius 3 is 1.00 bits per heavy atom. The van der Waals surface area contributed by atoms with Crippen LogP contribution in [0.1, 0.15) is 233 Å². The van der Waals surface area contributed by atoms with Crippen LogP contribution >= 0.6 is 0 Å². The van der Waals surface area contributed by atoms with Gasteiger partial charge in [-0.15, -0.1) is 0 Å². The van der Waals surface area contributed by atoms with E-state index in [-0.39, 0.29) is 38.0 Å². The fourth-order valence-electron chi connectivity index (χ4n) is 7.12. The molecule has 0 aromatic rings. The lowest BCUT2D eigenvalue weighted by molar-refractivity contribution is -0.166. The van der Waals surface area contributed by atoms with Crippen LogP contribution in [0.2, 0.25) is 0 Å². The molecule has 0 aliphatic carbocycles. The summed E-state index contributed by atoms with van der Waals surface area (Å²) >= 11 is 0. The second-order valence-electron chi connectivity index (χ2n) is 17.4. The predicted octanol–water partition coefficient (Wildman–Crippen LogP) is 17.9. The van der Waals surface area contributed by atoms with Crippen LogP contribution in [0.25, 0.3) is 0 Å². The fourth-order valence-corrected chi connectivity index (χ4v) is 7.12. The molecule has 0 saturated carbocycles. The molecule has 0 amide bonds. The van der Waals surface area contributed by atoms with Gasteiger partial charge in [0.1, 0.15) is 13.2 Å². The second-order valence-corrected chi connectivity index (χ2v) is 17.4. The Morgan fingerprint density at radius 1 is 0.333 bits per heavy atom. The molecule has 0 saturated heterocycles. The molecule has 374 valence electrons. The summed E-state index contributed by atoms with van der Waals surface area (Å²) in [5.74, 6) is -1.16. The summed E-state index contributed by atoms with van der Waals surface area (Å²) in [4.78, 5) is 37.9. The first-order valence-corrected chi connectivity index (χ1v) is 26.9. The van der Waals surface area contributed by atoms with Crippen molar-refractivity contribution in [3.63, 3.8) is 0 Å². The van der Waals surface area contributed by atoms with Crippen molar-refractivity contribution >= 4 is 17.9 Å². The highest BCUT2D eigenvalue weighted by Gasteiger charge is 2.19. The highest BCUT2D eigenvalue weighted by Crippen LogP contribution is 2.15. The molecule has 0 radical (unpaired) electrons. The van der Waals surface area contributed by atoms with Gasteiger partial charge in [-0.25, -0.2) is 0 Å². The largest absolute Gasteiger partial charge is 0.462 e. The Labute approximate surface area is 406 Å². The lowest BCUT2D eigenvalue weighted by Gasteiger charge is -2.18. The number of unbranched alkanes of at least 4 members (excludes halogenated alkanes) is 19. The number of allylic oxidation sites excluding steroid dienone is 17. The molecule has 0 rings (SSSR count). The zero-order chi connectivity index (χ0) is 47.9. The Bertz CT molecular complexity index is 1370. The Kier molecular flexibility index (Phi) is 50.5. The van der Waals surface area contributed by atoms with E-state index >= 15 is 0 Å². The average molecular weight is 915 g/mol. The van der Waals surface area contributed by atoms with Crippen LogP contribution in [0.3, 0.4) is 0 Å². The molecule has 0 bridgehead atoms. The minimum absolute atomic E-state index is 0.0805. The molecule has 0 aliphatic rings. The van der Waals surface area contributed by atoms with Gasteiger partial charge in [0, 0.05) is 12.8 Å². The third-order valence-electron chi connectivity index (χ3n) is 11.1. The van der Waals surface area contributed by atoms with Gasteiger partial charge in [0.15, 0.2) is 6.10 Å². The first-order valence-electron chi connectivity index (χ1n) is 26.9. The maximum Gasteiger partial charge on any atom is 0.310 e. The number of hydrogen-bond donors (Lipinski definition) is 0. The van der Waals surface area contributed by atoms with E-state index in [1.807, 2.05) is 18.2 Å². The highest BCUT2D eigenvalue weighted by molar-refractivity contribution is 5.72. The van der Waals surface area contributed by atoms with E-state index in [0.29, 0.717) is 19.3 Å². The van der Waals surface area contributed by atoms with Gasteiger partial charge in [-0.3, -0.25) is 14.4 Å². The van der Waals surface area contributed by atoms with Crippen LogP contribution in [0.15, 0.2) is 109 Å². The number of rotatable bonds is 47. The topological polar surface area (TPSA) is 78.9 Å². The molecule has 1 unspecified atom stereocenters. The van der Waals surface area contributed by atoms with Crippen molar-refractivity contribution in [2.24, 2.45) is 0 Å². The number of esters is 3. The Hall–Kier alpha value is -3.93. The smallest absolute Gasteiger partial charge is 0.310 e. The van der Waals surface area contributed by atoms with E-state index in [4.69, 9.17) is 14.2 Å². The van der Waals surface area contributed by atoms with Crippen molar-refractivity contribution in [2.45, 2.75) is 239 Å². The molecular weight excluding hydrogens is 817 g/mol. The van der Waals surface area contributed by atoms with Gasteiger partial charge in [0.05, 0.1) is 6.42 Å². The van der Waals surface area contributed by atoms with Gasteiger partial charge >= 0.3 is 17.9 Å². The van der Waals surface area contributed by atoms with Gasteiger partial charge in [0.25, 0.3) is 0 Å². The predicted molar refractivity (Wildman–Crippen MR) is 283 cm³/mol. The van der Waals surface area contributed by atoms with E-state index < -0.39 is 12.1 Å². The SMILES string of the molecule is CC/C=C\C/C=C\C/C=C\C/C=C\C/C=C\CC(=O)OC(COC(=O)CC/C=C\C/C=C\C/C=C\C/C=C\CC)COC(=O)CCCCCCCCCCCCCCCCCCCCCC. The van der Waals surface area contributed by atoms with E-state index in [9.17, 15) is 14.4 Å².